The summed E-state index contributed by atoms with van der Waals surface area (Å²) in [5, 5.41) is 0. The Bertz CT molecular complexity index is 401. The average Bonchev–Trinajstić information content (AvgIpc) is 3.04. The lowest BCUT2D eigenvalue weighted by atomic mass is 9.88. The fraction of sp³-hybridized carbons (Fsp3) is 0.692. The summed E-state index contributed by atoms with van der Waals surface area (Å²) in [5.41, 5.74) is 0. The molecule has 4 nitrogen and oxygen atoms in total. The summed E-state index contributed by atoms with van der Waals surface area (Å²) < 4.78 is 1.55. The quantitative estimate of drug-likeness (QED) is 0.785. The molecule has 17 heavy (non-hydrogen) atoms. The third-order valence-electron chi connectivity index (χ3n) is 4.44. The van der Waals surface area contributed by atoms with Crippen molar-refractivity contribution >= 4 is 6.03 Å². The van der Waals surface area contributed by atoms with Crippen LogP contribution in [-0.2, 0) is 0 Å². The number of hydrogen-bond donors (Lipinski definition) is 0. The Morgan fingerprint density at radius 1 is 1.47 bits per heavy atom. The fourth-order valence-corrected chi connectivity index (χ4v) is 3.60. The molecular weight excluding hydrogens is 214 g/mol. The van der Waals surface area contributed by atoms with Crippen molar-refractivity contribution in [2.75, 3.05) is 13.6 Å². The zero-order valence-electron chi connectivity index (χ0n) is 10.2. The number of imidazole rings is 1. The van der Waals surface area contributed by atoms with Gasteiger partial charge in [0.05, 0.1) is 0 Å². The Morgan fingerprint density at radius 2 is 2.35 bits per heavy atom. The van der Waals surface area contributed by atoms with E-state index < -0.39 is 0 Å². The molecule has 0 aliphatic heterocycles. The van der Waals surface area contributed by atoms with E-state index in [1.54, 1.807) is 23.3 Å². The molecule has 2 fully saturated rings. The van der Waals surface area contributed by atoms with Gasteiger partial charge < -0.3 is 4.90 Å². The SMILES string of the molecule is CN(CC1CC2CCC1C2)C(=O)n1ccnc1. The van der Waals surface area contributed by atoms with E-state index in [-0.39, 0.29) is 6.03 Å². The normalized spacial score (nSPS) is 30.8. The van der Waals surface area contributed by atoms with Crippen molar-refractivity contribution in [3.8, 4) is 0 Å². The third kappa shape index (κ3) is 1.96. The molecule has 2 aliphatic carbocycles. The molecule has 1 heterocycles. The van der Waals surface area contributed by atoms with Crippen LogP contribution in [0.25, 0.3) is 0 Å². The summed E-state index contributed by atoms with van der Waals surface area (Å²) in [6, 6.07) is 0.0327. The van der Waals surface area contributed by atoms with Gasteiger partial charge in [-0.1, -0.05) is 6.42 Å². The van der Waals surface area contributed by atoms with Crippen molar-refractivity contribution in [2.24, 2.45) is 17.8 Å². The summed E-state index contributed by atoms with van der Waals surface area (Å²) >= 11 is 0. The summed E-state index contributed by atoms with van der Waals surface area (Å²) in [6.45, 7) is 0.901. The first-order valence-electron chi connectivity index (χ1n) is 6.47. The fourth-order valence-electron chi connectivity index (χ4n) is 3.60. The summed E-state index contributed by atoms with van der Waals surface area (Å²) in [5.74, 6) is 2.55. The zero-order valence-corrected chi connectivity index (χ0v) is 10.2. The van der Waals surface area contributed by atoms with E-state index in [9.17, 15) is 4.79 Å². The number of amides is 1. The van der Waals surface area contributed by atoms with Crippen LogP contribution in [0.15, 0.2) is 18.7 Å². The van der Waals surface area contributed by atoms with Crippen molar-refractivity contribution in [1.29, 1.82) is 0 Å². The van der Waals surface area contributed by atoms with Gasteiger partial charge in [-0.15, -0.1) is 0 Å². The first-order valence-corrected chi connectivity index (χ1v) is 6.47. The third-order valence-corrected chi connectivity index (χ3v) is 4.44. The predicted molar refractivity (Wildman–Crippen MR) is 64.6 cm³/mol. The Kier molecular flexibility index (Phi) is 2.65. The Morgan fingerprint density at radius 3 is 2.94 bits per heavy atom. The van der Waals surface area contributed by atoms with E-state index in [0.29, 0.717) is 0 Å². The largest absolute Gasteiger partial charge is 0.329 e. The maximum absolute atomic E-state index is 12.0. The Hall–Kier alpha value is -1.32. The Labute approximate surface area is 102 Å². The molecule has 2 bridgehead atoms. The molecule has 4 heteroatoms. The minimum absolute atomic E-state index is 0.0327. The number of rotatable bonds is 2. The van der Waals surface area contributed by atoms with Gasteiger partial charge in [0, 0.05) is 26.0 Å². The summed E-state index contributed by atoms with van der Waals surface area (Å²) in [7, 11) is 1.90. The second kappa shape index (κ2) is 4.17. The highest BCUT2D eigenvalue weighted by atomic mass is 16.2. The first-order chi connectivity index (χ1) is 8.24. The molecule has 1 amide bonds. The summed E-state index contributed by atoms with van der Waals surface area (Å²) in [6.07, 6.45) is 10.4. The highest BCUT2D eigenvalue weighted by Gasteiger charge is 2.40. The molecule has 92 valence electrons. The second-order valence-electron chi connectivity index (χ2n) is 5.57. The van der Waals surface area contributed by atoms with Crippen molar-refractivity contribution in [2.45, 2.75) is 25.7 Å². The molecule has 3 rings (SSSR count). The van der Waals surface area contributed by atoms with Crippen LogP contribution in [0.5, 0.6) is 0 Å². The highest BCUT2D eigenvalue weighted by molar-refractivity contribution is 5.76. The van der Waals surface area contributed by atoms with Crippen LogP contribution in [0.1, 0.15) is 25.7 Å². The number of carbonyl (C=O) groups is 1. The monoisotopic (exact) mass is 233 g/mol. The van der Waals surface area contributed by atoms with E-state index in [2.05, 4.69) is 4.98 Å². The smallest absolute Gasteiger partial charge is 0.327 e. The number of nitrogens with zero attached hydrogens (tertiary/aromatic N) is 3. The molecule has 0 saturated heterocycles. The molecular formula is C13H19N3O. The van der Waals surface area contributed by atoms with Gasteiger partial charge in [0.25, 0.3) is 0 Å². The number of aromatic nitrogens is 2. The molecule has 0 radical (unpaired) electrons. The second-order valence-corrected chi connectivity index (χ2v) is 5.57. The van der Waals surface area contributed by atoms with E-state index in [1.807, 2.05) is 11.9 Å². The lowest BCUT2D eigenvalue weighted by Crippen LogP contribution is -2.36. The minimum Gasteiger partial charge on any atom is -0.327 e. The van der Waals surface area contributed by atoms with Crippen LogP contribution in [-0.4, -0.2) is 34.1 Å². The minimum atomic E-state index is 0.0327. The van der Waals surface area contributed by atoms with Crippen LogP contribution in [0, 0.1) is 17.8 Å². The summed E-state index contributed by atoms with van der Waals surface area (Å²) in [4.78, 5) is 17.8. The van der Waals surface area contributed by atoms with E-state index >= 15 is 0 Å². The van der Waals surface area contributed by atoms with E-state index in [0.717, 1.165) is 24.3 Å². The van der Waals surface area contributed by atoms with Crippen LogP contribution in [0.3, 0.4) is 0 Å². The molecule has 2 aliphatic rings. The topological polar surface area (TPSA) is 38.1 Å². The van der Waals surface area contributed by atoms with Crippen molar-refractivity contribution in [3.63, 3.8) is 0 Å². The maximum atomic E-state index is 12.0. The van der Waals surface area contributed by atoms with Crippen LogP contribution in [0.4, 0.5) is 4.79 Å². The van der Waals surface area contributed by atoms with Crippen LogP contribution in [0.2, 0.25) is 0 Å². The average molecular weight is 233 g/mol. The molecule has 2 saturated carbocycles. The number of hydrogen-bond acceptors (Lipinski definition) is 2. The van der Waals surface area contributed by atoms with Gasteiger partial charge in [0.1, 0.15) is 6.33 Å². The van der Waals surface area contributed by atoms with Crippen molar-refractivity contribution in [3.05, 3.63) is 18.7 Å². The van der Waals surface area contributed by atoms with E-state index in [4.69, 9.17) is 0 Å². The van der Waals surface area contributed by atoms with Gasteiger partial charge in [-0.25, -0.2) is 9.78 Å². The predicted octanol–water partition coefficient (Wildman–Crippen LogP) is 2.22. The maximum Gasteiger partial charge on any atom is 0.329 e. The zero-order chi connectivity index (χ0) is 11.8. The van der Waals surface area contributed by atoms with Gasteiger partial charge in [-0.3, -0.25) is 4.57 Å². The van der Waals surface area contributed by atoms with Crippen molar-refractivity contribution < 1.29 is 4.79 Å². The van der Waals surface area contributed by atoms with Crippen molar-refractivity contribution in [1.82, 2.24) is 14.5 Å². The van der Waals surface area contributed by atoms with Crippen LogP contribution >= 0.6 is 0 Å². The number of fused-ring (bicyclic) bond motifs is 2. The van der Waals surface area contributed by atoms with Gasteiger partial charge in [-0.05, 0) is 37.0 Å². The molecule has 1 aromatic rings. The number of carbonyl (C=O) groups excluding carboxylic acids is 1. The van der Waals surface area contributed by atoms with Gasteiger partial charge in [0.15, 0.2) is 0 Å². The lowest BCUT2D eigenvalue weighted by molar-refractivity contribution is 0.189. The molecule has 3 unspecified atom stereocenters. The molecule has 0 aromatic carbocycles. The molecule has 0 N–H and O–H groups in total. The van der Waals surface area contributed by atoms with Crippen LogP contribution < -0.4 is 0 Å². The first kappa shape index (κ1) is 10.8. The van der Waals surface area contributed by atoms with Gasteiger partial charge >= 0.3 is 6.03 Å². The van der Waals surface area contributed by atoms with Gasteiger partial charge in [0.2, 0.25) is 0 Å². The standard InChI is InChI=1S/C13H19N3O/c1-15(13(17)16-5-4-14-9-16)8-12-7-10-2-3-11(12)6-10/h4-5,9-12H,2-3,6-8H2,1H3. The molecule has 1 aromatic heterocycles. The molecule has 0 spiro atoms. The Balaban J connectivity index is 1.60. The van der Waals surface area contributed by atoms with Gasteiger partial charge in [-0.2, -0.15) is 0 Å². The lowest BCUT2D eigenvalue weighted by Gasteiger charge is -2.27. The molecule has 3 atom stereocenters. The highest BCUT2D eigenvalue weighted by Crippen LogP contribution is 2.48. The van der Waals surface area contributed by atoms with E-state index in [1.165, 1.54) is 25.7 Å².